The summed E-state index contributed by atoms with van der Waals surface area (Å²) in [7, 11) is 1.51. The van der Waals surface area contributed by atoms with E-state index in [0.29, 0.717) is 21.8 Å². The van der Waals surface area contributed by atoms with E-state index in [0.717, 1.165) is 12.1 Å². The number of carbonyl (C=O) groups is 1. The van der Waals surface area contributed by atoms with Crippen LogP contribution in [-0.2, 0) is 6.61 Å². The van der Waals surface area contributed by atoms with Gasteiger partial charge in [-0.15, -0.1) is 11.3 Å². The molecule has 1 heterocycles. The van der Waals surface area contributed by atoms with Crippen molar-refractivity contribution in [1.82, 2.24) is 5.43 Å². The molecule has 8 heteroatoms. The van der Waals surface area contributed by atoms with Crippen molar-refractivity contribution in [3.63, 3.8) is 0 Å². The summed E-state index contributed by atoms with van der Waals surface area (Å²) in [4.78, 5) is 12.4. The van der Waals surface area contributed by atoms with Gasteiger partial charge in [-0.05, 0) is 47.3 Å². The second-order valence-electron chi connectivity index (χ2n) is 5.61. The molecule has 1 N–H and O–H groups in total. The maximum Gasteiger partial charge on any atom is 0.281 e. The van der Waals surface area contributed by atoms with E-state index in [9.17, 15) is 13.6 Å². The van der Waals surface area contributed by atoms with Crippen LogP contribution in [0.5, 0.6) is 11.5 Å². The Hall–Kier alpha value is -3.26. The molecule has 0 aliphatic carbocycles. The number of benzene rings is 2. The lowest BCUT2D eigenvalue weighted by Crippen LogP contribution is -2.16. The number of hydrazone groups is 1. The van der Waals surface area contributed by atoms with Crippen molar-refractivity contribution in [2.24, 2.45) is 5.10 Å². The second-order valence-corrected chi connectivity index (χ2v) is 6.56. The summed E-state index contributed by atoms with van der Waals surface area (Å²) in [6.45, 7) is 0.00889. The Kier molecular flexibility index (Phi) is 6.33. The normalized spacial score (nSPS) is 10.8. The maximum absolute atomic E-state index is 13.7. The molecule has 3 rings (SSSR count). The summed E-state index contributed by atoms with van der Waals surface area (Å²) in [6.07, 6.45) is 1.48. The van der Waals surface area contributed by atoms with Crippen molar-refractivity contribution in [3.05, 3.63) is 81.5 Å². The number of hydrogen-bond acceptors (Lipinski definition) is 5. The zero-order valence-electron chi connectivity index (χ0n) is 14.8. The van der Waals surface area contributed by atoms with Crippen LogP contribution in [0.4, 0.5) is 8.78 Å². The van der Waals surface area contributed by atoms with Crippen molar-refractivity contribution in [2.75, 3.05) is 7.11 Å². The van der Waals surface area contributed by atoms with E-state index in [1.807, 2.05) is 0 Å². The molecule has 0 atom stereocenters. The summed E-state index contributed by atoms with van der Waals surface area (Å²) < 4.78 is 37.4. The maximum atomic E-state index is 13.7. The van der Waals surface area contributed by atoms with E-state index < -0.39 is 11.6 Å². The number of ether oxygens (including phenoxy) is 2. The minimum atomic E-state index is -0.784. The van der Waals surface area contributed by atoms with Crippen LogP contribution < -0.4 is 14.9 Å². The predicted molar refractivity (Wildman–Crippen MR) is 103 cm³/mol. The highest BCUT2D eigenvalue weighted by Crippen LogP contribution is 2.23. The minimum absolute atomic E-state index is 0.00889. The molecule has 0 spiro atoms. The van der Waals surface area contributed by atoms with Crippen LogP contribution in [0.3, 0.4) is 0 Å². The summed E-state index contributed by atoms with van der Waals surface area (Å²) in [5, 5.41) is 5.74. The SMILES string of the molecule is COc1ccc(C=NNC(=O)c2cccs2)cc1COc1ccc(F)cc1F. The quantitative estimate of drug-likeness (QED) is 0.471. The standard InChI is InChI=1S/C20H16F2N2O3S/c1-26-17-6-4-13(11-23-24-20(25)19-3-2-8-28-19)9-14(17)12-27-18-7-5-15(21)10-16(18)22/h2-11H,12H2,1H3,(H,24,25). The highest BCUT2D eigenvalue weighted by molar-refractivity contribution is 7.12. The fourth-order valence-electron chi connectivity index (χ4n) is 2.37. The molecule has 5 nitrogen and oxygen atoms in total. The molecule has 1 aromatic heterocycles. The molecule has 1 amide bonds. The fraction of sp³-hybridized carbons (Fsp3) is 0.100. The third-order valence-electron chi connectivity index (χ3n) is 3.71. The molecule has 0 bridgehead atoms. The summed E-state index contributed by atoms with van der Waals surface area (Å²) in [5.74, 6) is -1.28. The van der Waals surface area contributed by atoms with Gasteiger partial charge in [0.15, 0.2) is 11.6 Å². The average Bonchev–Trinajstić information content (AvgIpc) is 3.22. The lowest BCUT2D eigenvalue weighted by Gasteiger charge is -2.11. The summed E-state index contributed by atoms with van der Waals surface area (Å²) in [5.41, 5.74) is 3.77. The number of nitrogens with zero attached hydrogens (tertiary/aromatic N) is 1. The van der Waals surface area contributed by atoms with Gasteiger partial charge < -0.3 is 9.47 Å². The van der Waals surface area contributed by atoms with Gasteiger partial charge >= 0.3 is 0 Å². The van der Waals surface area contributed by atoms with Gasteiger partial charge in [0.25, 0.3) is 5.91 Å². The lowest BCUT2D eigenvalue weighted by molar-refractivity contribution is 0.0959. The molecular formula is C20H16F2N2O3S. The molecule has 2 aromatic carbocycles. The fourth-order valence-corrected chi connectivity index (χ4v) is 2.98. The molecular weight excluding hydrogens is 386 g/mol. The largest absolute Gasteiger partial charge is 0.496 e. The van der Waals surface area contributed by atoms with Gasteiger partial charge in [-0.3, -0.25) is 4.79 Å². The highest BCUT2D eigenvalue weighted by Gasteiger charge is 2.09. The Balaban J connectivity index is 1.69. The van der Waals surface area contributed by atoms with E-state index in [4.69, 9.17) is 9.47 Å². The summed E-state index contributed by atoms with van der Waals surface area (Å²) >= 11 is 1.32. The molecule has 0 saturated carbocycles. The van der Waals surface area contributed by atoms with Crippen LogP contribution in [0.15, 0.2) is 59.0 Å². The second kappa shape index (κ2) is 9.09. The van der Waals surface area contributed by atoms with Crippen molar-refractivity contribution in [3.8, 4) is 11.5 Å². The molecule has 0 saturated heterocycles. The van der Waals surface area contributed by atoms with Gasteiger partial charge in [-0.2, -0.15) is 5.10 Å². The predicted octanol–water partition coefficient (Wildman–Crippen LogP) is 4.38. The van der Waals surface area contributed by atoms with Gasteiger partial charge in [-0.25, -0.2) is 14.2 Å². The number of rotatable bonds is 7. The number of thiophene rings is 1. The first-order chi connectivity index (χ1) is 13.6. The van der Waals surface area contributed by atoms with Crippen molar-refractivity contribution in [2.45, 2.75) is 6.61 Å². The molecule has 0 unspecified atom stereocenters. The third-order valence-corrected chi connectivity index (χ3v) is 4.57. The van der Waals surface area contributed by atoms with Crippen molar-refractivity contribution in [1.29, 1.82) is 0 Å². The minimum Gasteiger partial charge on any atom is -0.496 e. The van der Waals surface area contributed by atoms with Gasteiger partial charge in [-0.1, -0.05) is 6.07 Å². The first-order valence-electron chi connectivity index (χ1n) is 8.18. The molecule has 28 heavy (non-hydrogen) atoms. The van der Waals surface area contributed by atoms with E-state index in [1.54, 1.807) is 35.7 Å². The van der Waals surface area contributed by atoms with E-state index in [1.165, 1.54) is 30.7 Å². The number of halogens is 2. The number of nitrogens with one attached hydrogen (secondary N) is 1. The van der Waals surface area contributed by atoms with Gasteiger partial charge in [0.1, 0.15) is 18.2 Å². The molecule has 0 fully saturated rings. The molecule has 144 valence electrons. The third kappa shape index (κ3) is 4.92. The van der Waals surface area contributed by atoms with Crippen LogP contribution >= 0.6 is 11.3 Å². The monoisotopic (exact) mass is 402 g/mol. The van der Waals surface area contributed by atoms with E-state index >= 15 is 0 Å². The zero-order chi connectivity index (χ0) is 19.9. The number of carbonyl (C=O) groups excluding carboxylic acids is 1. The van der Waals surface area contributed by atoms with Crippen LogP contribution in [0.25, 0.3) is 0 Å². The Morgan fingerprint density at radius 3 is 2.71 bits per heavy atom. The number of hydrogen-bond donors (Lipinski definition) is 1. The van der Waals surface area contributed by atoms with Gasteiger partial charge in [0, 0.05) is 11.6 Å². The van der Waals surface area contributed by atoms with Crippen LogP contribution in [-0.4, -0.2) is 19.2 Å². The Morgan fingerprint density at radius 2 is 2.00 bits per heavy atom. The Morgan fingerprint density at radius 1 is 1.18 bits per heavy atom. The Bertz CT molecular complexity index is 991. The van der Waals surface area contributed by atoms with Crippen LogP contribution in [0, 0.1) is 11.6 Å². The smallest absolute Gasteiger partial charge is 0.281 e. The zero-order valence-corrected chi connectivity index (χ0v) is 15.6. The average molecular weight is 402 g/mol. The number of methoxy groups -OCH3 is 1. The van der Waals surface area contributed by atoms with Crippen molar-refractivity contribution < 1.29 is 23.0 Å². The highest BCUT2D eigenvalue weighted by atomic mass is 32.1. The van der Waals surface area contributed by atoms with Crippen molar-refractivity contribution >= 4 is 23.5 Å². The Labute approximate surface area is 164 Å². The van der Waals surface area contributed by atoms with Crippen LogP contribution in [0.1, 0.15) is 20.8 Å². The van der Waals surface area contributed by atoms with E-state index in [-0.39, 0.29) is 18.3 Å². The molecule has 0 aliphatic rings. The van der Waals surface area contributed by atoms with Gasteiger partial charge in [0.2, 0.25) is 0 Å². The first-order valence-corrected chi connectivity index (χ1v) is 9.06. The summed E-state index contributed by atoms with van der Waals surface area (Å²) in [6, 6.07) is 11.8. The van der Waals surface area contributed by atoms with Crippen LogP contribution in [0.2, 0.25) is 0 Å². The molecule has 0 aliphatic heterocycles. The molecule has 3 aromatic rings. The van der Waals surface area contributed by atoms with E-state index in [2.05, 4.69) is 10.5 Å². The first kappa shape index (κ1) is 19.5. The number of amides is 1. The lowest BCUT2D eigenvalue weighted by atomic mass is 10.1. The van der Waals surface area contributed by atoms with Gasteiger partial charge in [0.05, 0.1) is 18.2 Å². The molecule has 0 radical (unpaired) electrons. The topological polar surface area (TPSA) is 59.9 Å².